The Labute approximate surface area is 78.8 Å². The van der Waals surface area contributed by atoms with Gasteiger partial charge in [0.15, 0.2) is 0 Å². The maximum absolute atomic E-state index is 12.3. The molecule has 0 spiro atoms. The van der Waals surface area contributed by atoms with Crippen LogP contribution < -0.4 is 0 Å². The number of hydrogen-bond acceptors (Lipinski definition) is 2. The highest BCUT2D eigenvalue weighted by atomic mass is 19.1. The summed E-state index contributed by atoms with van der Waals surface area (Å²) in [6.07, 6.45) is 2.91. The van der Waals surface area contributed by atoms with Gasteiger partial charge in [-0.25, -0.2) is 4.39 Å². The number of allylic oxidation sites excluding steroid dienone is 1. The smallest absolute Gasteiger partial charge is 0.306 e. The van der Waals surface area contributed by atoms with E-state index in [-0.39, 0.29) is 5.97 Å². The molecule has 0 rings (SSSR count). The Hall–Kier alpha value is -0.860. The van der Waals surface area contributed by atoms with Crippen molar-refractivity contribution in [3.63, 3.8) is 0 Å². The first kappa shape index (κ1) is 12.1. The monoisotopic (exact) mass is 188 g/mol. The summed E-state index contributed by atoms with van der Waals surface area (Å²) in [7, 11) is 0. The molecule has 0 bridgehead atoms. The van der Waals surface area contributed by atoms with E-state index in [0.29, 0.717) is 32.3 Å². The predicted octanol–water partition coefficient (Wildman–Crippen LogP) is 2.63. The quantitative estimate of drug-likeness (QED) is 0.349. The van der Waals surface area contributed by atoms with Crippen molar-refractivity contribution in [2.45, 2.75) is 38.8 Å². The van der Waals surface area contributed by atoms with Crippen molar-refractivity contribution in [2.24, 2.45) is 0 Å². The Morgan fingerprint density at radius 3 is 2.92 bits per heavy atom. The lowest BCUT2D eigenvalue weighted by atomic mass is 10.2. The number of alkyl halides is 1. The van der Waals surface area contributed by atoms with Crippen LogP contribution in [0.4, 0.5) is 4.39 Å². The maximum Gasteiger partial charge on any atom is 0.306 e. The highest BCUT2D eigenvalue weighted by Crippen LogP contribution is 2.01. The first-order valence-electron chi connectivity index (χ1n) is 4.57. The van der Waals surface area contributed by atoms with Crippen LogP contribution in [0.5, 0.6) is 0 Å². The lowest BCUT2D eigenvalue weighted by Gasteiger charge is -2.03. The molecule has 0 aromatic carbocycles. The second kappa shape index (κ2) is 7.77. The van der Waals surface area contributed by atoms with Gasteiger partial charge in [-0.1, -0.05) is 6.08 Å². The molecule has 0 saturated carbocycles. The Kier molecular flexibility index (Phi) is 7.26. The molecule has 2 nitrogen and oxygen atoms in total. The average molecular weight is 188 g/mol. The van der Waals surface area contributed by atoms with Gasteiger partial charge in [0.05, 0.1) is 12.8 Å². The van der Waals surface area contributed by atoms with Crippen LogP contribution in [0.1, 0.15) is 32.6 Å². The van der Waals surface area contributed by atoms with Crippen LogP contribution in [-0.2, 0) is 9.53 Å². The fourth-order valence-electron chi connectivity index (χ4n) is 0.843. The van der Waals surface area contributed by atoms with E-state index in [1.165, 1.54) is 6.92 Å². The fourth-order valence-corrected chi connectivity index (χ4v) is 0.843. The Balaban J connectivity index is 3.21. The molecular weight excluding hydrogens is 171 g/mol. The Morgan fingerprint density at radius 2 is 2.38 bits per heavy atom. The Bertz CT molecular complexity index is 155. The first-order chi connectivity index (χ1) is 6.16. The van der Waals surface area contributed by atoms with E-state index in [2.05, 4.69) is 6.58 Å². The zero-order valence-corrected chi connectivity index (χ0v) is 8.09. The van der Waals surface area contributed by atoms with Crippen molar-refractivity contribution >= 4 is 5.97 Å². The molecule has 0 N–H and O–H groups in total. The predicted molar refractivity (Wildman–Crippen MR) is 50.2 cm³/mol. The van der Waals surface area contributed by atoms with Gasteiger partial charge in [-0.2, -0.15) is 0 Å². The third-order valence-corrected chi connectivity index (χ3v) is 1.56. The number of carbonyl (C=O) groups excluding carboxylic acids is 1. The van der Waals surface area contributed by atoms with Crippen LogP contribution in [-0.4, -0.2) is 18.7 Å². The van der Waals surface area contributed by atoms with Gasteiger partial charge in [0.2, 0.25) is 0 Å². The molecule has 0 fully saturated rings. The van der Waals surface area contributed by atoms with Gasteiger partial charge >= 0.3 is 5.97 Å². The molecule has 0 radical (unpaired) electrons. The van der Waals surface area contributed by atoms with Crippen molar-refractivity contribution < 1.29 is 13.9 Å². The van der Waals surface area contributed by atoms with Crippen molar-refractivity contribution in [3.05, 3.63) is 12.7 Å². The van der Waals surface area contributed by atoms with Gasteiger partial charge in [-0.05, 0) is 26.2 Å². The van der Waals surface area contributed by atoms with E-state index in [1.807, 2.05) is 0 Å². The minimum Gasteiger partial charge on any atom is -0.466 e. The molecule has 1 atom stereocenters. The fraction of sp³-hybridized carbons (Fsp3) is 0.700. The van der Waals surface area contributed by atoms with Gasteiger partial charge in [0, 0.05) is 6.42 Å². The highest BCUT2D eigenvalue weighted by molar-refractivity contribution is 5.69. The standard InChI is InChI=1S/C10H17FO2/c1-3-4-7-10(12)13-8-5-6-9(2)11/h3,9H,1,4-8H2,2H3. The first-order valence-corrected chi connectivity index (χ1v) is 4.57. The molecule has 0 aromatic rings. The van der Waals surface area contributed by atoms with Crippen molar-refractivity contribution in [3.8, 4) is 0 Å². The molecule has 76 valence electrons. The molecule has 0 aliphatic rings. The minimum absolute atomic E-state index is 0.230. The van der Waals surface area contributed by atoms with E-state index in [4.69, 9.17) is 4.74 Å². The van der Waals surface area contributed by atoms with E-state index in [0.717, 1.165) is 0 Å². The highest BCUT2D eigenvalue weighted by Gasteiger charge is 2.02. The van der Waals surface area contributed by atoms with Gasteiger partial charge in [-0.3, -0.25) is 4.79 Å². The summed E-state index contributed by atoms with van der Waals surface area (Å²) in [4.78, 5) is 10.9. The summed E-state index contributed by atoms with van der Waals surface area (Å²) in [5.74, 6) is -0.230. The second-order valence-corrected chi connectivity index (χ2v) is 2.97. The van der Waals surface area contributed by atoms with E-state index >= 15 is 0 Å². The molecule has 0 aromatic heterocycles. The molecule has 3 heteroatoms. The summed E-state index contributed by atoms with van der Waals surface area (Å²) in [5.41, 5.74) is 0. The number of carbonyl (C=O) groups is 1. The number of halogens is 1. The maximum atomic E-state index is 12.3. The van der Waals surface area contributed by atoms with Crippen LogP contribution in [0.3, 0.4) is 0 Å². The molecule has 1 unspecified atom stereocenters. The SMILES string of the molecule is C=CCCC(=O)OCCCC(C)F. The number of rotatable bonds is 7. The summed E-state index contributed by atoms with van der Waals surface area (Å²) in [6.45, 7) is 5.32. The zero-order chi connectivity index (χ0) is 10.1. The Morgan fingerprint density at radius 1 is 1.69 bits per heavy atom. The third kappa shape index (κ3) is 9.05. The second-order valence-electron chi connectivity index (χ2n) is 2.97. The molecule has 0 heterocycles. The number of ether oxygens (including phenoxy) is 1. The molecule has 0 aliphatic heterocycles. The lowest BCUT2D eigenvalue weighted by Crippen LogP contribution is -2.06. The summed E-state index contributed by atoms with van der Waals surface area (Å²) < 4.78 is 17.1. The van der Waals surface area contributed by atoms with Crippen molar-refractivity contribution in [1.29, 1.82) is 0 Å². The van der Waals surface area contributed by atoms with Gasteiger partial charge in [0.25, 0.3) is 0 Å². The van der Waals surface area contributed by atoms with E-state index < -0.39 is 6.17 Å². The molecular formula is C10H17FO2. The normalized spacial score (nSPS) is 12.2. The van der Waals surface area contributed by atoms with Gasteiger partial charge in [0.1, 0.15) is 0 Å². The third-order valence-electron chi connectivity index (χ3n) is 1.56. The summed E-state index contributed by atoms with van der Waals surface area (Å²) in [5, 5.41) is 0. The van der Waals surface area contributed by atoms with E-state index in [9.17, 15) is 9.18 Å². The van der Waals surface area contributed by atoms with Crippen LogP contribution in [0.25, 0.3) is 0 Å². The average Bonchev–Trinajstić information content (AvgIpc) is 2.08. The van der Waals surface area contributed by atoms with Crippen molar-refractivity contribution in [1.82, 2.24) is 0 Å². The van der Waals surface area contributed by atoms with Crippen LogP contribution >= 0.6 is 0 Å². The number of esters is 1. The topological polar surface area (TPSA) is 26.3 Å². The van der Waals surface area contributed by atoms with Crippen molar-refractivity contribution in [2.75, 3.05) is 6.61 Å². The zero-order valence-electron chi connectivity index (χ0n) is 8.09. The van der Waals surface area contributed by atoms with Crippen LogP contribution in [0.2, 0.25) is 0 Å². The molecule has 0 aliphatic carbocycles. The number of hydrogen-bond donors (Lipinski definition) is 0. The molecule has 0 saturated heterocycles. The van der Waals surface area contributed by atoms with Crippen LogP contribution in [0.15, 0.2) is 12.7 Å². The van der Waals surface area contributed by atoms with Crippen LogP contribution in [0, 0.1) is 0 Å². The molecule has 13 heavy (non-hydrogen) atoms. The van der Waals surface area contributed by atoms with E-state index in [1.54, 1.807) is 6.08 Å². The lowest BCUT2D eigenvalue weighted by molar-refractivity contribution is -0.143. The summed E-state index contributed by atoms with van der Waals surface area (Å²) in [6, 6.07) is 0. The molecule has 0 amide bonds. The minimum atomic E-state index is -0.813. The largest absolute Gasteiger partial charge is 0.466 e. The van der Waals surface area contributed by atoms with Gasteiger partial charge < -0.3 is 4.74 Å². The summed E-state index contributed by atoms with van der Waals surface area (Å²) >= 11 is 0. The van der Waals surface area contributed by atoms with Gasteiger partial charge in [-0.15, -0.1) is 6.58 Å².